The number of nitrogens with one attached hydrogen (secondary N) is 1. The Bertz CT molecular complexity index is 587. The molecule has 0 aromatic heterocycles. The van der Waals surface area contributed by atoms with Gasteiger partial charge in [-0.15, -0.1) is 0 Å². The summed E-state index contributed by atoms with van der Waals surface area (Å²) >= 11 is 0. The van der Waals surface area contributed by atoms with E-state index in [1.165, 1.54) is 0 Å². The summed E-state index contributed by atoms with van der Waals surface area (Å²) < 4.78 is 39.0. The van der Waals surface area contributed by atoms with Gasteiger partial charge < -0.3 is 5.32 Å². The van der Waals surface area contributed by atoms with Crippen molar-refractivity contribution in [1.82, 2.24) is 5.32 Å². The van der Waals surface area contributed by atoms with Crippen LogP contribution in [0.3, 0.4) is 0 Å². The van der Waals surface area contributed by atoms with Crippen molar-refractivity contribution in [3.05, 3.63) is 70.5 Å². The van der Waals surface area contributed by atoms with Gasteiger partial charge in [0.15, 0.2) is 17.5 Å². The van der Waals surface area contributed by atoms with Gasteiger partial charge in [0, 0.05) is 12.6 Å². The molecule has 1 nitrogen and oxygen atoms in total. The minimum absolute atomic E-state index is 0.0334. The Kier molecular flexibility index (Phi) is 4.45. The first-order valence-electron chi connectivity index (χ1n) is 6.40. The van der Waals surface area contributed by atoms with E-state index in [0.29, 0.717) is 5.56 Å². The standard InChI is InChI=1S/C16H16F3N/c1-10-4-3-5-13(6-10)11(2)20-9-12-7-14(17)16(19)15(18)8-12/h3-8,11,20H,9H2,1-2H3/t11-/m0/s1. The van der Waals surface area contributed by atoms with Crippen molar-refractivity contribution in [2.75, 3.05) is 0 Å². The summed E-state index contributed by atoms with van der Waals surface area (Å²) in [5.74, 6) is -3.75. The first kappa shape index (κ1) is 14.6. The number of hydrogen-bond donors (Lipinski definition) is 1. The monoisotopic (exact) mass is 279 g/mol. The number of aryl methyl sites for hydroxylation is 1. The summed E-state index contributed by atoms with van der Waals surface area (Å²) in [4.78, 5) is 0. The fraction of sp³-hybridized carbons (Fsp3) is 0.250. The molecule has 106 valence electrons. The molecule has 0 amide bonds. The lowest BCUT2D eigenvalue weighted by Crippen LogP contribution is -2.18. The third-order valence-corrected chi connectivity index (χ3v) is 3.20. The van der Waals surface area contributed by atoms with Gasteiger partial charge in [-0.05, 0) is 37.1 Å². The van der Waals surface area contributed by atoms with Crippen LogP contribution in [0.2, 0.25) is 0 Å². The van der Waals surface area contributed by atoms with Crippen LogP contribution in [0.25, 0.3) is 0 Å². The number of benzene rings is 2. The van der Waals surface area contributed by atoms with Gasteiger partial charge in [-0.25, -0.2) is 13.2 Å². The lowest BCUT2D eigenvalue weighted by atomic mass is 10.1. The van der Waals surface area contributed by atoms with Crippen LogP contribution in [-0.4, -0.2) is 0 Å². The predicted molar refractivity (Wildman–Crippen MR) is 72.7 cm³/mol. The van der Waals surface area contributed by atoms with E-state index in [1.54, 1.807) is 0 Å². The van der Waals surface area contributed by atoms with Gasteiger partial charge in [-0.2, -0.15) is 0 Å². The van der Waals surface area contributed by atoms with Crippen LogP contribution in [0.15, 0.2) is 36.4 Å². The van der Waals surface area contributed by atoms with Gasteiger partial charge in [-0.1, -0.05) is 29.8 Å². The van der Waals surface area contributed by atoms with Crippen LogP contribution >= 0.6 is 0 Å². The molecule has 4 heteroatoms. The molecule has 0 saturated heterocycles. The molecule has 1 N–H and O–H groups in total. The molecule has 0 aliphatic carbocycles. The maximum absolute atomic E-state index is 13.1. The van der Waals surface area contributed by atoms with Crippen LogP contribution in [0.4, 0.5) is 13.2 Å². The highest BCUT2D eigenvalue weighted by molar-refractivity contribution is 5.25. The van der Waals surface area contributed by atoms with Gasteiger partial charge in [0.1, 0.15) is 0 Å². The maximum Gasteiger partial charge on any atom is 0.194 e. The molecule has 2 aromatic rings. The average molecular weight is 279 g/mol. The van der Waals surface area contributed by atoms with Crippen LogP contribution in [0.5, 0.6) is 0 Å². The topological polar surface area (TPSA) is 12.0 Å². The van der Waals surface area contributed by atoms with Crippen molar-refractivity contribution in [3.8, 4) is 0 Å². The Morgan fingerprint density at radius 3 is 2.30 bits per heavy atom. The molecule has 0 bridgehead atoms. The van der Waals surface area contributed by atoms with Crippen LogP contribution < -0.4 is 5.32 Å². The lowest BCUT2D eigenvalue weighted by Gasteiger charge is -2.15. The van der Waals surface area contributed by atoms with Crippen molar-refractivity contribution in [3.63, 3.8) is 0 Å². The Hall–Kier alpha value is -1.81. The summed E-state index contributed by atoms with van der Waals surface area (Å²) in [6.07, 6.45) is 0. The van der Waals surface area contributed by atoms with Crippen molar-refractivity contribution >= 4 is 0 Å². The van der Waals surface area contributed by atoms with E-state index in [9.17, 15) is 13.2 Å². The molecule has 0 fully saturated rings. The smallest absolute Gasteiger partial charge is 0.194 e. The highest BCUT2D eigenvalue weighted by Gasteiger charge is 2.11. The second-order valence-corrected chi connectivity index (χ2v) is 4.89. The summed E-state index contributed by atoms with van der Waals surface area (Å²) in [6, 6.07) is 10.0. The van der Waals surface area contributed by atoms with E-state index in [-0.39, 0.29) is 12.6 Å². The van der Waals surface area contributed by atoms with E-state index in [2.05, 4.69) is 5.32 Å². The molecule has 20 heavy (non-hydrogen) atoms. The highest BCUT2D eigenvalue weighted by Crippen LogP contribution is 2.17. The van der Waals surface area contributed by atoms with E-state index in [0.717, 1.165) is 23.3 Å². The van der Waals surface area contributed by atoms with Crippen molar-refractivity contribution in [1.29, 1.82) is 0 Å². The first-order chi connectivity index (χ1) is 9.47. The molecule has 0 spiro atoms. The molecule has 2 rings (SSSR count). The molecule has 2 aromatic carbocycles. The minimum Gasteiger partial charge on any atom is -0.306 e. The number of rotatable bonds is 4. The zero-order valence-electron chi connectivity index (χ0n) is 11.4. The fourth-order valence-electron chi connectivity index (χ4n) is 2.04. The Morgan fingerprint density at radius 2 is 1.70 bits per heavy atom. The largest absolute Gasteiger partial charge is 0.306 e. The second kappa shape index (κ2) is 6.09. The molecule has 0 heterocycles. The van der Waals surface area contributed by atoms with Crippen molar-refractivity contribution < 1.29 is 13.2 Å². The average Bonchev–Trinajstić information content (AvgIpc) is 2.42. The lowest BCUT2D eigenvalue weighted by molar-refractivity contribution is 0.443. The summed E-state index contributed by atoms with van der Waals surface area (Å²) in [7, 11) is 0. The third-order valence-electron chi connectivity index (χ3n) is 3.20. The quantitative estimate of drug-likeness (QED) is 0.824. The number of halogens is 3. The van der Waals surface area contributed by atoms with E-state index < -0.39 is 17.5 Å². The van der Waals surface area contributed by atoms with E-state index in [4.69, 9.17) is 0 Å². The predicted octanol–water partition coefficient (Wildman–Crippen LogP) is 4.26. The summed E-state index contributed by atoms with van der Waals surface area (Å²) in [5.41, 5.74) is 2.61. The van der Waals surface area contributed by atoms with Gasteiger partial charge in [0.05, 0.1) is 0 Å². The van der Waals surface area contributed by atoms with Crippen LogP contribution in [0, 0.1) is 24.4 Å². The second-order valence-electron chi connectivity index (χ2n) is 4.89. The van der Waals surface area contributed by atoms with Crippen molar-refractivity contribution in [2.45, 2.75) is 26.4 Å². The first-order valence-corrected chi connectivity index (χ1v) is 6.40. The normalized spacial score (nSPS) is 12.4. The molecule has 0 aliphatic rings. The highest BCUT2D eigenvalue weighted by atomic mass is 19.2. The maximum atomic E-state index is 13.1. The molecule has 0 unspecified atom stereocenters. The Balaban J connectivity index is 2.05. The fourth-order valence-corrected chi connectivity index (χ4v) is 2.04. The zero-order valence-corrected chi connectivity index (χ0v) is 11.4. The van der Waals surface area contributed by atoms with Crippen LogP contribution in [0.1, 0.15) is 29.7 Å². The van der Waals surface area contributed by atoms with Gasteiger partial charge >= 0.3 is 0 Å². The molecule has 0 radical (unpaired) electrons. The Labute approximate surface area is 116 Å². The molecular formula is C16H16F3N. The SMILES string of the molecule is Cc1cccc([C@H](C)NCc2cc(F)c(F)c(F)c2)c1. The summed E-state index contributed by atoms with van der Waals surface area (Å²) in [5, 5.41) is 3.16. The molecular weight excluding hydrogens is 263 g/mol. The third kappa shape index (κ3) is 3.39. The van der Waals surface area contributed by atoms with Gasteiger partial charge in [0.2, 0.25) is 0 Å². The zero-order chi connectivity index (χ0) is 14.7. The summed E-state index contributed by atoms with van der Waals surface area (Å²) in [6.45, 7) is 4.23. The number of hydrogen-bond acceptors (Lipinski definition) is 1. The van der Waals surface area contributed by atoms with E-state index >= 15 is 0 Å². The van der Waals surface area contributed by atoms with Crippen molar-refractivity contribution in [2.24, 2.45) is 0 Å². The van der Waals surface area contributed by atoms with Gasteiger partial charge in [0.25, 0.3) is 0 Å². The molecule has 1 atom stereocenters. The minimum atomic E-state index is -1.43. The van der Waals surface area contributed by atoms with Crippen LogP contribution in [-0.2, 0) is 6.54 Å². The molecule has 0 saturated carbocycles. The van der Waals surface area contributed by atoms with E-state index in [1.807, 2.05) is 38.1 Å². The Morgan fingerprint density at radius 1 is 1.05 bits per heavy atom. The molecule has 0 aliphatic heterocycles. The van der Waals surface area contributed by atoms with Gasteiger partial charge in [-0.3, -0.25) is 0 Å².